The summed E-state index contributed by atoms with van der Waals surface area (Å²) in [6.07, 6.45) is 3.56. The second-order valence-electron chi connectivity index (χ2n) is 5.84. The summed E-state index contributed by atoms with van der Waals surface area (Å²) in [6.45, 7) is 7.12. The lowest BCUT2D eigenvalue weighted by atomic mass is 10.2. The van der Waals surface area contributed by atoms with E-state index in [1.165, 1.54) is 12.8 Å². The van der Waals surface area contributed by atoms with Gasteiger partial charge in [-0.2, -0.15) is 0 Å². The Balaban J connectivity index is 2.12. The number of aromatic nitrogens is 2. The molecule has 0 spiro atoms. The van der Waals surface area contributed by atoms with E-state index in [-0.39, 0.29) is 0 Å². The highest BCUT2D eigenvalue weighted by Crippen LogP contribution is 2.39. The van der Waals surface area contributed by atoms with Crippen molar-refractivity contribution < 1.29 is 0 Å². The number of rotatable bonds is 8. The number of nitrogens with zero attached hydrogens (tertiary/aromatic N) is 3. The molecule has 0 aromatic carbocycles. The zero-order valence-electron chi connectivity index (χ0n) is 13.2. The third kappa shape index (κ3) is 4.07. The highest BCUT2D eigenvalue weighted by atomic mass is 15.1. The molecule has 1 aromatic heterocycles. The van der Waals surface area contributed by atoms with Crippen molar-refractivity contribution in [2.45, 2.75) is 39.0 Å². The molecule has 0 atom stereocenters. The van der Waals surface area contributed by atoms with Crippen LogP contribution < -0.4 is 10.6 Å². The van der Waals surface area contributed by atoms with Crippen LogP contribution in [0.15, 0.2) is 0 Å². The number of likely N-dealkylation sites (N-methyl/N-ethyl adjacent to an activating group) is 1. The molecular weight excluding hydrogens is 250 g/mol. The van der Waals surface area contributed by atoms with Crippen LogP contribution in [0.4, 0.5) is 11.6 Å². The first kappa shape index (κ1) is 15.0. The van der Waals surface area contributed by atoms with E-state index in [0.29, 0.717) is 5.92 Å². The van der Waals surface area contributed by atoms with Gasteiger partial charge in [0.25, 0.3) is 0 Å². The maximum Gasteiger partial charge on any atom is 0.136 e. The van der Waals surface area contributed by atoms with Crippen LogP contribution in [0.1, 0.15) is 43.5 Å². The summed E-state index contributed by atoms with van der Waals surface area (Å²) in [4.78, 5) is 11.6. The van der Waals surface area contributed by atoms with E-state index in [2.05, 4.69) is 43.5 Å². The normalized spacial score (nSPS) is 14.7. The Labute approximate surface area is 122 Å². The van der Waals surface area contributed by atoms with E-state index < -0.39 is 0 Å². The van der Waals surface area contributed by atoms with Crippen LogP contribution in [0.5, 0.6) is 0 Å². The predicted molar refractivity (Wildman–Crippen MR) is 84.6 cm³/mol. The molecule has 0 radical (unpaired) electrons. The van der Waals surface area contributed by atoms with Crippen molar-refractivity contribution in [3.05, 3.63) is 11.4 Å². The van der Waals surface area contributed by atoms with Crippen molar-refractivity contribution in [3.63, 3.8) is 0 Å². The molecule has 1 fully saturated rings. The summed E-state index contributed by atoms with van der Waals surface area (Å²) >= 11 is 0. The standard InChI is InChI=1S/C15H27N5/c1-5-8-16-13-11(2)14(17-9-10-20(3)4)19-15(18-13)12-6-7-12/h12H,5-10H2,1-4H3,(H2,16,17,18,19). The maximum absolute atomic E-state index is 4.72. The number of anilines is 2. The van der Waals surface area contributed by atoms with E-state index in [4.69, 9.17) is 9.97 Å². The minimum absolute atomic E-state index is 0.576. The van der Waals surface area contributed by atoms with Gasteiger partial charge in [-0.1, -0.05) is 6.92 Å². The number of nitrogens with one attached hydrogen (secondary N) is 2. The molecule has 1 saturated carbocycles. The summed E-state index contributed by atoms with van der Waals surface area (Å²) < 4.78 is 0. The first-order chi connectivity index (χ1) is 9.61. The lowest BCUT2D eigenvalue weighted by molar-refractivity contribution is 0.425. The molecule has 0 aliphatic heterocycles. The molecule has 1 aromatic rings. The number of hydrogen-bond acceptors (Lipinski definition) is 5. The second-order valence-corrected chi connectivity index (χ2v) is 5.84. The predicted octanol–water partition coefficient (Wildman–Crippen LogP) is 2.46. The molecule has 0 saturated heterocycles. The van der Waals surface area contributed by atoms with Crippen molar-refractivity contribution in [2.75, 3.05) is 44.4 Å². The Hall–Kier alpha value is -1.36. The Bertz CT molecular complexity index is 440. The Morgan fingerprint density at radius 1 is 1.10 bits per heavy atom. The average molecular weight is 277 g/mol. The Kier molecular flexibility index (Phi) is 5.17. The molecule has 5 heteroatoms. The van der Waals surface area contributed by atoms with Crippen molar-refractivity contribution >= 4 is 11.6 Å². The van der Waals surface area contributed by atoms with Gasteiger partial charge in [0.1, 0.15) is 17.5 Å². The van der Waals surface area contributed by atoms with Gasteiger partial charge in [0.05, 0.1) is 0 Å². The Morgan fingerprint density at radius 3 is 2.20 bits per heavy atom. The van der Waals surface area contributed by atoms with Crippen LogP contribution in [0.2, 0.25) is 0 Å². The summed E-state index contributed by atoms with van der Waals surface area (Å²) in [5, 5.41) is 6.88. The van der Waals surface area contributed by atoms with E-state index in [9.17, 15) is 0 Å². The minimum atomic E-state index is 0.576. The summed E-state index contributed by atoms with van der Waals surface area (Å²) in [5.41, 5.74) is 1.13. The summed E-state index contributed by atoms with van der Waals surface area (Å²) in [7, 11) is 4.16. The van der Waals surface area contributed by atoms with Gasteiger partial charge in [0.2, 0.25) is 0 Å². The van der Waals surface area contributed by atoms with Gasteiger partial charge >= 0.3 is 0 Å². The highest BCUT2D eigenvalue weighted by Gasteiger charge is 2.28. The van der Waals surface area contributed by atoms with Gasteiger partial charge in [-0.3, -0.25) is 0 Å². The zero-order chi connectivity index (χ0) is 14.5. The molecule has 0 unspecified atom stereocenters. The summed E-state index contributed by atoms with van der Waals surface area (Å²) in [5.74, 6) is 3.56. The molecule has 2 N–H and O–H groups in total. The first-order valence-electron chi connectivity index (χ1n) is 7.62. The van der Waals surface area contributed by atoms with Crippen LogP contribution in [0.25, 0.3) is 0 Å². The third-order valence-electron chi connectivity index (χ3n) is 3.50. The Morgan fingerprint density at radius 2 is 1.70 bits per heavy atom. The van der Waals surface area contributed by atoms with Crippen molar-refractivity contribution in [1.29, 1.82) is 0 Å². The van der Waals surface area contributed by atoms with E-state index >= 15 is 0 Å². The van der Waals surface area contributed by atoms with Crippen LogP contribution in [-0.2, 0) is 0 Å². The second kappa shape index (κ2) is 6.88. The average Bonchev–Trinajstić information content (AvgIpc) is 3.23. The van der Waals surface area contributed by atoms with Crippen molar-refractivity contribution in [2.24, 2.45) is 0 Å². The molecular formula is C15H27N5. The number of hydrogen-bond donors (Lipinski definition) is 2. The van der Waals surface area contributed by atoms with E-state index in [0.717, 1.165) is 49.1 Å². The van der Waals surface area contributed by atoms with E-state index in [1.807, 2.05) is 0 Å². The van der Waals surface area contributed by atoms with Crippen LogP contribution in [0, 0.1) is 6.92 Å². The molecule has 5 nitrogen and oxygen atoms in total. The lowest BCUT2D eigenvalue weighted by Crippen LogP contribution is -2.22. The quantitative estimate of drug-likeness (QED) is 0.764. The van der Waals surface area contributed by atoms with Crippen molar-refractivity contribution in [1.82, 2.24) is 14.9 Å². The summed E-state index contributed by atoms with van der Waals surface area (Å²) in [6, 6.07) is 0. The maximum atomic E-state index is 4.72. The fraction of sp³-hybridized carbons (Fsp3) is 0.733. The largest absolute Gasteiger partial charge is 0.370 e. The van der Waals surface area contributed by atoms with Gasteiger partial charge in [0, 0.05) is 31.1 Å². The van der Waals surface area contributed by atoms with E-state index in [1.54, 1.807) is 0 Å². The smallest absolute Gasteiger partial charge is 0.136 e. The first-order valence-corrected chi connectivity index (χ1v) is 7.62. The van der Waals surface area contributed by atoms with Gasteiger partial charge < -0.3 is 15.5 Å². The minimum Gasteiger partial charge on any atom is -0.370 e. The SMILES string of the molecule is CCCNc1nc(C2CC2)nc(NCCN(C)C)c1C. The molecule has 20 heavy (non-hydrogen) atoms. The topological polar surface area (TPSA) is 53.1 Å². The van der Waals surface area contributed by atoms with Crippen LogP contribution in [0.3, 0.4) is 0 Å². The third-order valence-corrected chi connectivity index (χ3v) is 3.50. The monoisotopic (exact) mass is 277 g/mol. The van der Waals surface area contributed by atoms with Crippen molar-refractivity contribution in [3.8, 4) is 0 Å². The van der Waals surface area contributed by atoms with Gasteiger partial charge in [-0.15, -0.1) is 0 Å². The molecule has 1 heterocycles. The highest BCUT2D eigenvalue weighted by molar-refractivity contribution is 5.57. The van der Waals surface area contributed by atoms with Gasteiger partial charge in [0.15, 0.2) is 0 Å². The molecule has 1 aliphatic carbocycles. The van der Waals surface area contributed by atoms with Gasteiger partial charge in [-0.05, 0) is 40.3 Å². The molecule has 0 amide bonds. The molecule has 112 valence electrons. The lowest BCUT2D eigenvalue weighted by Gasteiger charge is -2.16. The van der Waals surface area contributed by atoms with Gasteiger partial charge in [-0.25, -0.2) is 9.97 Å². The fourth-order valence-corrected chi connectivity index (χ4v) is 2.04. The molecule has 1 aliphatic rings. The fourth-order valence-electron chi connectivity index (χ4n) is 2.04. The van der Waals surface area contributed by atoms with Crippen LogP contribution >= 0.6 is 0 Å². The van der Waals surface area contributed by atoms with Crippen LogP contribution in [-0.4, -0.2) is 48.6 Å². The molecule has 0 bridgehead atoms. The zero-order valence-corrected chi connectivity index (χ0v) is 13.2. The molecule has 2 rings (SSSR count).